The number of pyridine rings is 1. The molecule has 17 heavy (non-hydrogen) atoms. The first-order valence-corrected chi connectivity index (χ1v) is 5.29. The van der Waals surface area contributed by atoms with Gasteiger partial charge in [0.1, 0.15) is 11.4 Å². The predicted molar refractivity (Wildman–Crippen MR) is 58.8 cm³/mol. The summed E-state index contributed by atoms with van der Waals surface area (Å²) in [4.78, 5) is 0. The number of hydrogen-bond acceptors (Lipinski definition) is 2. The lowest BCUT2D eigenvalue weighted by molar-refractivity contribution is -0.136. The summed E-state index contributed by atoms with van der Waals surface area (Å²) in [7, 11) is 0. The number of fused-ring (bicyclic) bond motifs is 1. The monoisotopic (exact) mass is 245 g/mol. The zero-order chi connectivity index (χ0) is 13.2. The molecule has 0 unspecified atom stereocenters. The molecule has 2 rings (SSSR count). The number of nitrogens with zero attached hydrogens (tertiary/aromatic N) is 3. The fourth-order valence-corrected chi connectivity index (χ4v) is 1.45. The summed E-state index contributed by atoms with van der Waals surface area (Å²) >= 11 is 0. The molecule has 2 heterocycles. The minimum absolute atomic E-state index is 0.148. The van der Waals surface area contributed by atoms with Gasteiger partial charge < -0.3 is 0 Å². The van der Waals surface area contributed by atoms with E-state index >= 15 is 0 Å². The van der Waals surface area contributed by atoms with E-state index in [0.717, 1.165) is 6.07 Å². The van der Waals surface area contributed by atoms with Crippen molar-refractivity contribution in [1.82, 2.24) is 14.6 Å². The lowest BCUT2D eigenvalue weighted by atomic mass is 10.2. The first-order chi connectivity index (χ1) is 7.89. The molecule has 2 aromatic heterocycles. The van der Waals surface area contributed by atoms with Crippen LogP contribution in [0.5, 0.6) is 0 Å². The third-order valence-electron chi connectivity index (χ3n) is 2.12. The second-order valence-electron chi connectivity index (χ2n) is 3.37. The van der Waals surface area contributed by atoms with Crippen LogP contribution in [0, 0.1) is 13.8 Å². The number of aromatic nitrogens is 3. The largest absolute Gasteiger partial charge is 0.420 e. The molecular formula is C11H14F3N3. The van der Waals surface area contributed by atoms with Crippen LogP contribution in [-0.2, 0) is 6.18 Å². The van der Waals surface area contributed by atoms with Crippen molar-refractivity contribution in [1.29, 1.82) is 0 Å². The van der Waals surface area contributed by atoms with Crippen LogP contribution in [0.25, 0.3) is 5.65 Å². The maximum Gasteiger partial charge on any atom is 0.420 e. The van der Waals surface area contributed by atoms with Gasteiger partial charge in [0.25, 0.3) is 0 Å². The van der Waals surface area contributed by atoms with Crippen molar-refractivity contribution in [2.24, 2.45) is 0 Å². The van der Waals surface area contributed by atoms with Gasteiger partial charge >= 0.3 is 6.18 Å². The Hall–Kier alpha value is -1.59. The highest BCUT2D eigenvalue weighted by Crippen LogP contribution is 2.32. The van der Waals surface area contributed by atoms with Crippen molar-refractivity contribution < 1.29 is 13.2 Å². The van der Waals surface area contributed by atoms with Crippen LogP contribution in [-0.4, -0.2) is 14.6 Å². The Morgan fingerprint density at radius 2 is 1.71 bits per heavy atom. The molecule has 0 aromatic carbocycles. The molecule has 0 atom stereocenters. The molecule has 94 valence electrons. The average Bonchev–Trinajstić information content (AvgIpc) is 2.61. The summed E-state index contributed by atoms with van der Waals surface area (Å²) in [5.74, 6) is 0.444. The summed E-state index contributed by atoms with van der Waals surface area (Å²) in [5.41, 5.74) is -0.369. The van der Waals surface area contributed by atoms with Crippen LogP contribution < -0.4 is 0 Å². The fraction of sp³-hybridized carbons (Fsp3) is 0.455. The molecule has 0 amide bonds. The molecule has 0 fully saturated rings. The van der Waals surface area contributed by atoms with Crippen LogP contribution in [0.15, 0.2) is 12.3 Å². The first kappa shape index (κ1) is 13.5. The molecular weight excluding hydrogens is 231 g/mol. The van der Waals surface area contributed by atoms with Gasteiger partial charge in [-0.1, -0.05) is 13.8 Å². The lowest BCUT2D eigenvalue weighted by Gasteiger charge is -2.08. The zero-order valence-electron chi connectivity index (χ0n) is 10.1. The van der Waals surface area contributed by atoms with Crippen LogP contribution in [0.3, 0.4) is 0 Å². The topological polar surface area (TPSA) is 30.2 Å². The molecule has 2 aromatic rings. The number of halogens is 3. The minimum Gasteiger partial charge on any atom is -0.286 e. The number of hydrogen-bond donors (Lipinski definition) is 0. The highest BCUT2D eigenvalue weighted by Gasteiger charge is 2.34. The number of alkyl halides is 3. The Bertz CT molecular complexity index is 514. The molecule has 6 heteroatoms. The number of rotatable bonds is 0. The van der Waals surface area contributed by atoms with E-state index < -0.39 is 11.7 Å². The Morgan fingerprint density at radius 1 is 1.12 bits per heavy atom. The van der Waals surface area contributed by atoms with Crippen molar-refractivity contribution in [2.75, 3.05) is 0 Å². The second kappa shape index (κ2) is 4.73. The Labute approximate surface area is 97.3 Å². The van der Waals surface area contributed by atoms with Crippen molar-refractivity contribution >= 4 is 5.65 Å². The molecule has 0 aliphatic heterocycles. The van der Waals surface area contributed by atoms with Gasteiger partial charge in [-0.3, -0.25) is 4.40 Å². The van der Waals surface area contributed by atoms with Crippen molar-refractivity contribution in [3.63, 3.8) is 0 Å². The van der Waals surface area contributed by atoms with Gasteiger partial charge in [0, 0.05) is 6.20 Å². The van der Waals surface area contributed by atoms with E-state index in [0.29, 0.717) is 11.4 Å². The van der Waals surface area contributed by atoms with Crippen LogP contribution in [0.1, 0.15) is 30.8 Å². The Kier molecular flexibility index (Phi) is 3.75. The first-order valence-electron chi connectivity index (χ1n) is 5.29. The minimum atomic E-state index is -4.40. The molecule has 0 aliphatic carbocycles. The smallest absolute Gasteiger partial charge is 0.286 e. The lowest BCUT2D eigenvalue weighted by Crippen LogP contribution is -2.08. The summed E-state index contributed by atoms with van der Waals surface area (Å²) in [6.07, 6.45) is -2.81. The molecule has 0 saturated carbocycles. The maximum atomic E-state index is 12.6. The molecule has 0 spiro atoms. The van der Waals surface area contributed by atoms with Crippen molar-refractivity contribution in [2.45, 2.75) is 33.9 Å². The van der Waals surface area contributed by atoms with E-state index in [9.17, 15) is 13.2 Å². The predicted octanol–water partition coefficient (Wildman–Crippen LogP) is 3.39. The summed E-state index contributed by atoms with van der Waals surface area (Å²) in [5, 5.41) is 7.14. The van der Waals surface area contributed by atoms with E-state index in [1.54, 1.807) is 20.0 Å². The Morgan fingerprint density at radius 3 is 2.24 bits per heavy atom. The molecule has 3 nitrogen and oxygen atoms in total. The van der Waals surface area contributed by atoms with Gasteiger partial charge in [-0.15, -0.1) is 10.2 Å². The molecule has 0 aliphatic rings. The van der Waals surface area contributed by atoms with E-state index in [-0.39, 0.29) is 5.65 Å². The Balaban J connectivity index is 0.000000686. The summed E-state index contributed by atoms with van der Waals surface area (Å²) in [6.45, 7) is 7.22. The zero-order valence-corrected chi connectivity index (χ0v) is 10.1. The molecule has 0 saturated heterocycles. The molecule has 0 N–H and O–H groups in total. The van der Waals surface area contributed by atoms with Gasteiger partial charge in [0.2, 0.25) is 0 Å². The summed E-state index contributed by atoms with van der Waals surface area (Å²) < 4.78 is 39.2. The highest BCUT2D eigenvalue weighted by molar-refractivity contribution is 5.50. The van der Waals surface area contributed by atoms with Crippen molar-refractivity contribution in [3.8, 4) is 0 Å². The molecule has 0 radical (unpaired) electrons. The second-order valence-corrected chi connectivity index (χ2v) is 3.37. The van der Waals surface area contributed by atoms with Gasteiger partial charge in [-0.2, -0.15) is 13.2 Å². The summed E-state index contributed by atoms with van der Waals surface area (Å²) in [6, 6.07) is 1.07. The van der Waals surface area contributed by atoms with Gasteiger partial charge in [-0.05, 0) is 25.5 Å². The quantitative estimate of drug-likeness (QED) is 0.712. The highest BCUT2D eigenvalue weighted by atomic mass is 19.4. The van der Waals surface area contributed by atoms with E-state index in [4.69, 9.17) is 0 Å². The van der Waals surface area contributed by atoms with Gasteiger partial charge in [0.15, 0.2) is 5.65 Å². The average molecular weight is 245 g/mol. The molecule has 0 bridgehead atoms. The van der Waals surface area contributed by atoms with Crippen LogP contribution >= 0.6 is 0 Å². The third kappa shape index (κ3) is 2.57. The van der Waals surface area contributed by atoms with Gasteiger partial charge in [-0.25, -0.2) is 0 Å². The standard InChI is InChI=1S/C9H8F3N3.C2H6/c1-5-3-7(9(10,11)12)8-14-13-6(2)15(8)4-5;1-2/h3-4H,1-2H3;1-2H3. The van der Waals surface area contributed by atoms with E-state index in [2.05, 4.69) is 10.2 Å². The van der Waals surface area contributed by atoms with Crippen LogP contribution in [0.4, 0.5) is 13.2 Å². The van der Waals surface area contributed by atoms with Crippen molar-refractivity contribution in [3.05, 3.63) is 29.2 Å². The maximum absolute atomic E-state index is 12.6. The van der Waals surface area contributed by atoms with Gasteiger partial charge in [0.05, 0.1) is 0 Å². The normalized spacial score (nSPS) is 11.2. The SMILES string of the molecule is CC.Cc1cc(C(F)(F)F)c2nnc(C)n2c1. The fourth-order valence-electron chi connectivity index (χ4n) is 1.45. The number of aryl methyl sites for hydroxylation is 2. The van der Waals surface area contributed by atoms with E-state index in [1.807, 2.05) is 13.8 Å². The van der Waals surface area contributed by atoms with E-state index in [1.165, 1.54) is 4.40 Å². The van der Waals surface area contributed by atoms with Crippen LogP contribution in [0.2, 0.25) is 0 Å². The third-order valence-corrected chi connectivity index (χ3v) is 2.12.